The Balaban J connectivity index is 2.34. The van der Waals surface area contributed by atoms with E-state index in [1.54, 1.807) is 6.20 Å². The fourth-order valence-electron chi connectivity index (χ4n) is 0.967. The van der Waals surface area contributed by atoms with E-state index < -0.39 is 0 Å². The molecule has 4 nitrogen and oxygen atoms in total. The molecular weight excluding hydrogens is 198 g/mol. The monoisotopic (exact) mass is 213 g/mol. The van der Waals surface area contributed by atoms with Gasteiger partial charge >= 0.3 is 0 Å². The van der Waals surface area contributed by atoms with Crippen molar-refractivity contribution >= 4 is 22.4 Å². The average Bonchev–Trinajstić information content (AvgIpc) is 2.66. The first-order valence-electron chi connectivity index (χ1n) is 4.65. The minimum absolute atomic E-state index is 0.0147. The number of anilines is 1. The number of aromatic nitrogens is 1. The summed E-state index contributed by atoms with van der Waals surface area (Å²) in [5, 5.41) is 8.39. The Morgan fingerprint density at radius 3 is 3.07 bits per heavy atom. The molecule has 1 atom stereocenters. The molecule has 0 saturated carbocycles. The third-order valence-electron chi connectivity index (χ3n) is 1.81. The second-order valence-corrected chi connectivity index (χ2v) is 3.93. The largest absolute Gasteiger partial charge is 0.316 e. The van der Waals surface area contributed by atoms with Crippen LogP contribution in [0.15, 0.2) is 11.6 Å². The number of carbonyl (C=O) groups excluding carboxylic acids is 1. The smallest absolute Gasteiger partial charge is 0.230 e. The highest BCUT2D eigenvalue weighted by molar-refractivity contribution is 7.13. The van der Waals surface area contributed by atoms with Crippen molar-refractivity contribution in [3.63, 3.8) is 0 Å². The molecule has 0 aliphatic carbocycles. The number of amides is 1. The zero-order valence-corrected chi connectivity index (χ0v) is 9.23. The third-order valence-corrected chi connectivity index (χ3v) is 2.50. The first-order valence-corrected chi connectivity index (χ1v) is 5.53. The lowest BCUT2D eigenvalue weighted by Crippen LogP contribution is -2.30. The highest BCUT2D eigenvalue weighted by atomic mass is 32.1. The van der Waals surface area contributed by atoms with Crippen LogP contribution in [-0.2, 0) is 4.79 Å². The van der Waals surface area contributed by atoms with Crippen LogP contribution in [0.4, 0.5) is 5.13 Å². The van der Waals surface area contributed by atoms with Gasteiger partial charge in [-0.1, -0.05) is 13.8 Å². The van der Waals surface area contributed by atoms with E-state index in [-0.39, 0.29) is 11.8 Å². The van der Waals surface area contributed by atoms with Crippen LogP contribution in [0.3, 0.4) is 0 Å². The van der Waals surface area contributed by atoms with Crippen LogP contribution >= 0.6 is 11.3 Å². The quantitative estimate of drug-likeness (QED) is 0.775. The molecule has 1 aromatic rings. The normalized spacial score (nSPS) is 12.4. The summed E-state index contributed by atoms with van der Waals surface area (Å²) in [7, 11) is 0. The highest BCUT2D eigenvalue weighted by Crippen LogP contribution is 2.11. The molecule has 1 aromatic heterocycles. The number of hydrogen-bond donors (Lipinski definition) is 2. The lowest BCUT2D eigenvalue weighted by molar-refractivity contribution is -0.119. The topological polar surface area (TPSA) is 54.0 Å². The minimum Gasteiger partial charge on any atom is -0.316 e. The number of thiazole rings is 1. The summed E-state index contributed by atoms with van der Waals surface area (Å²) in [5.41, 5.74) is 0. The van der Waals surface area contributed by atoms with Crippen molar-refractivity contribution in [1.29, 1.82) is 0 Å². The lowest BCUT2D eigenvalue weighted by Gasteiger charge is -2.10. The van der Waals surface area contributed by atoms with Crippen molar-refractivity contribution in [3.05, 3.63) is 11.6 Å². The van der Waals surface area contributed by atoms with Gasteiger partial charge in [0.1, 0.15) is 0 Å². The van der Waals surface area contributed by atoms with Gasteiger partial charge in [0.25, 0.3) is 0 Å². The maximum absolute atomic E-state index is 11.5. The molecule has 1 unspecified atom stereocenters. The Morgan fingerprint density at radius 2 is 2.50 bits per heavy atom. The van der Waals surface area contributed by atoms with Gasteiger partial charge < -0.3 is 10.6 Å². The van der Waals surface area contributed by atoms with E-state index in [1.807, 2.05) is 19.2 Å². The van der Waals surface area contributed by atoms with E-state index in [9.17, 15) is 4.79 Å². The summed E-state index contributed by atoms with van der Waals surface area (Å²) in [6, 6.07) is 0. The number of nitrogens with zero attached hydrogens (tertiary/aromatic N) is 1. The van der Waals surface area contributed by atoms with Crippen molar-refractivity contribution in [2.45, 2.75) is 13.8 Å². The molecule has 1 heterocycles. The highest BCUT2D eigenvalue weighted by Gasteiger charge is 2.12. The first kappa shape index (κ1) is 11.1. The minimum atomic E-state index is -0.0288. The van der Waals surface area contributed by atoms with E-state index in [0.29, 0.717) is 11.7 Å². The van der Waals surface area contributed by atoms with Crippen LogP contribution in [0, 0.1) is 5.92 Å². The number of hydrogen-bond acceptors (Lipinski definition) is 4. The van der Waals surface area contributed by atoms with Crippen LogP contribution in [-0.4, -0.2) is 24.0 Å². The number of rotatable bonds is 5. The molecule has 0 radical (unpaired) electrons. The third kappa shape index (κ3) is 3.43. The van der Waals surface area contributed by atoms with E-state index in [0.717, 1.165) is 6.54 Å². The standard InChI is InChI=1S/C9H15N3OS/c1-3-10-6-7(2)8(13)12-9-11-4-5-14-9/h4-5,7,10H,3,6H2,1-2H3,(H,11,12,13). The average molecular weight is 213 g/mol. The predicted octanol–water partition coefficient (Wildman–Crippen LogP) is 1.33. The second kappa shape index (κ2) is 5.72. The van der Waals surface area contributed by atoms with Crippen LogP contribution < -0.4 is 10.6 Å². The van der Waals surface area contributed by atoms with Crippen LogP contribution in [0.25, 0.3) is 0 Å². The van der Waals surface area contributed by atoms with Crippen molar-refractivity contribution in [3.8, 4) is 0 Å². The second-order valence-electron chi connectivity index (χ2n) is 3.04. The van der Waals surface area contributed by atoms with Crippen molar-refractivity contribution in [2.24, 2.45) is 5.92 Å². The molecule has 78 valence electrons. The Hall–Kier alpha value is -0.940. The van der Waals surface area contributed by atoms with Gasteiger partial charge in [-0.25, -0.2) is 4.98 Å². The molecule has 0 saturated heterocycles. The molecule has 0 aliphatic rings. The Morgan fingerprint density at radius 1 is 1.71 bits per heavy atom. The molecule has 0 aromatic carbocycles. The number of carbonyl (C=O) groups is 1. The van der Waals surface area contributed by atoms with Gasteiger partial charge in [-0.05, 0) is 6.54 Å². The SMILES string of the molecule is CCNCC(C)C(=O)Nc1nccs1. The molecular formula is C9H15N3OS. The molecule has 1 amide bonds. The summed E-state index contributed by atoms with van der Waals surface area (Å²) >= 11 is 1.43. The Labute approximate surface area is 87.7 Å². The van der Waals surface area contributed by atoms with Crippen molar-refractivity contribution < 1.29 is 4.79 Å². The van der Waals surface area contributed by atoms with Gasteiger partial charge in [-0.2, -0.15) is 0 Å². The van der Waals surface area contributed by atoms with Gasteiger partial charge in [-0.15, -0.1) is 11.3 Å². The molecule has 14 heavy (non-hydrogen) atoms. The summed E-state index contributed by atoms with van der Waals surface area (Å²) < 4.78 is 0. The molecule has 2 N–H and O–H groups in total. The van der Waals surface area contributed by atoms with E-state index in [1.165, 1.54) is 11.3 Å². The zero-order valence-electron chi connectivity index (χ0n) is 8.41. The van der Waals surface area contributed by atoms with Crippen molar-refractivity contribution in [1.82, 2.24) is 10.3 Å². The molecule has 0 bridgehead atoms. The Bertz CT molecular complexity index is 274. The summed E-state index contributed by atoms with van der Waals surface area (Å²) in [6.45, 7) is 5.50. The van der Waals surface area contributed by atoms with Crippen LogP contribution in [0.5, 0.6) is 0 Å². The molecule has 5 heteroatoms. The summed E-state index contributed by atoms with van der Waals surface area (Å²) in [5.74, 6) is -0.0141. The van der Waals surface area contributed by atoms with Gasteiger partial charge in [0.05, 0.1) is 0 Å². The van der Waals surface area contributed by atoms with Gasteiger partial charge in [0.15, 0.2) is 5.13 Å². The van der Waals surface area contributed by atoms with Crippen LogP contribution in [0.1, 0.15) is 13.8 Å². The molecule has 1 rings (SSSR count). The van der Waals surface area contributed by atoms with Gasteiger partial charge in [0.2, 0.25) is 5.91 Å². The number of nitrogens with one attached hydrogen (secondary N) is 2. The van der Waals surface area contributed by atoms with Gasteiger partial charge in [-0.3, -0.25) is 4.79 Å². The summed E-state index contributed by atoms with van der Waals surface area (Å²) in [6.07, 6.45) is 1.68. The van der Waals surface area contributed by atoms with Crippen LogP contribution in [0.2, 0.25) is 0 Å². The summed E-state index contributed by atoms with van der Waals surface area (Å²) in [4.78, 5) is 15.5. The van der Waals surface area contributed by atoms with E-state index >= 15 is 0 Å². The predicted molar refractivity (Wildman–Crippen MR) is 58.5 cm³/mol. The first-order chi connectivity index (χ1) is 6.74. The van der Waals surface area contributed by atoms with Crippen molar-refractivity contribution in [2.75, 3.05) is 18.4 Å². The molecule has 0 aliphatic heterocycles. The maximum atomic E-state index is 11.5. The molecule has 0 fully saturated rings. The zero-order chi connectivity index (χ0) is 10.4. The molecule has 0 spiro atoms. The van der Waals surface area contributed by atoms with E-state index in [2.05, 4.69) is 15.6 Å². The fraction of sp³-hybridized carbons (Fsp3) is 0.556. The van der Waals surface area contributed by atoms with E-state index in [4.69, 9.17) is 0 Å². The Kier molecular flexibility index (Phi) is 4.55. The maximum Gasteiger partial charge on any atom is 0.230 e. The fourth-order valence-corrected chi connectivity index (χ4v) is 1.50. The van der Waals surface area contributed by atoms with Gasteiger partial charge in [0, 0.05) is 24.0 Å². The lowest BCUT2D eigenvalue weighted by atomic mass is 10.1.